The van der Waals surface area contributed by atoms with Crippen LogP contribution in [0.3, 0.4) is 0 Å². The summed E-state index contributed by atoms with van der Waals surface area (Å²) in [6.07, 6.45) is 1.37. The van der Waals surface area contributed by atoms with Crippen molar-refractivity contribution >= 4 is 5.91 Å². The first-order valence-electron chi connectivity index (χ1n) is 5.76. The van der Waals surface area contributed by atoms with Gasteiger partial charge in [-0.25, -0.2) is 4.98 Å². The molecule has 1 amide bonds. The molecule has 0 aromatic carbocycles. The Morgan fingerprint density at radius 1 is 1.37 bits per heavy atom. The third-order valence-corrected chi connectivity index (χ3v) is 2.50. The summed E-state index contributed by atoms with van der Waals surface area (Å²) in [4.78, 5) is 20.0. The Morgan fingerprint density at radius 3 is 2.84 bits per heavy atom. The van der Waals surface area contributed by atoms with Gasteiger partial charge in [-0.3, -0.25) is 9.78 Å². The van der Waals surface area contributed by atoms with Gasteiger partial charge in [0.05, 0.1) is 17.8 Å². The Kier molecular flexibility index (Phi) is 3.84. The van der Waals surface area contributed by atoms with E-state index in [-0.39, 0.29) is 11.6 Å². The molecular weight excluding hydrogens is 240 g/mol. The van der Waals surface area contributed by atoms with Gasteiger partial charge >= 0.3 is 0 Å². The fourth-order valence-corrected chi connectivity index (χ4v) is 1.55. The molecule has 0 fully saturated rings. The molecule has 0 aliphatic rings. The average molecular weight is 252 g/mol. The van der Waals surface area contributed by atoms with E-state index in [2.05, 4.69) is 15.3 Å². The quantitative estimate of drug-likeness (QED) is 0.899. The van der Waals surface area contributed by atoms with E-state index in [1.165, 1.54) is 12.3 Å². The molecule has 0 atom stereocenters. The third kappa shape index (κ3) is 3.36. The summed E-state index contributed by atoms with van der Waals surface area (Å²) in [7, 11) is 0. The molecule has 0 bridgehead atoms. The molecule has 1 N–H and O–H groups in total. The van der Waals surface area contributed by atoms with Crippen LogP contribution in [0, 0.1) is 18.3 Å². The molecule has 0 saturated carbocycles. The van der Waals surface area contributed by atoms with E-state index >= 15 is 0 Å². The molecule has 2 heterocycles. The molecule has 2 aromatic rings. The van der Waals surface area contributed by atoms with Gasteiger partial charge < -0.3 is 5.32 Å². The number of rotatable bonds is 3. The van der Waals surface area contributed by atoms with Crippen LogP contribution in [0.2, 0.25) is 0 Å². The van der Waals surface area contributed by atoms with Crippen molar-refractivity contribution in [3.8, 4) is 6.07 Å². The third-order valence-electron chi connectivity index (χ3n) is 2.50. The number of pyridine rings is 2. The van der Waals surface area contributed by atoms with Crippen molar-refractivity contribution in [3.05, 3.63) is 59.2 Å². The minimum Gasteiger partial charge on any atom is -0.345 e. The molecule has 0 aliphatic carbocycles. The Hall–Kier alpha value is -2.74. The van der Waals surface area contributed by atoms with E-state index in [9.17, 15) is 4.79 Å². The first kappa shape index (κ1) is 12.7. The number of nitrogens with zero attached hydrogens (tertiary/aromatic N) is 3. The molecular formula is C14H12N4O. The van der Waals surface area contributed by atoms with Crippen LogP contribution in [0.5, 0.6) is 0 Å². The highest BCUT2D eigenvalue weighted by Crippen LogP contribution is 2.01. The second-order valence-corrected chi connectivity index (χ2v) is 4.00. The molecule has 5 heteroatoms. The van der Waals surface area contributed by atoms with Crippen molar-refractivity contribution in [3.63, 3.8) is 0 Å². The van der Waals surface area contributed by atoms with Crippen molar-refractivity contribution in [2.24, 2.45) is 0 Å². The van der Waals surface area contributed by atoms with E-state index < -0.39 is 0 Å². The first-order chi connectivity index (χ1) is 9.19. The Morgan fingerprint density at radius 2 is 2.21 bits per heavy atom. The standard InChI is InChI=1S/C14H12N4O/c1-10-3-2-4-12(18-10)9-17-14(19)13-6-5-11(7-15)8-16-13/h2-6,8H,9H2,1H3,(H,17,19). The fourth-order valence-electron chi connectivity index (χ4n) is 1.55. The van der Waals surface area contributed by atoms with Crippen molar-refractivity contribution in [2.45, 2.75) is 13.5 Å². The van der Waals surface area contributed by atoms with Crippen LogP contribution in [-0.2, 0) is 6.54 Å². The van der Waals surface area contributed by atoms with Gasteiger partial charge in [0.15, 0.2) is 0 Å². The van der Waals surface area contributed by atoms with Crippen LogP contribution in [0.25, 0.3) is 0 Å². The number of hydrogen-bond donors (Lipinski definition) is 1. The molecule has 19 heavy (non-hydrogen) atoms. The monoisotopic (exact) mass is 252 g/mol. The van der Waals surface area contributed by atoms with Gasteiger partial charge in [0.2, 0.25) is 0 Å². The van der Waals surface area contributed by atoms with Gasteiger partial charge in [-0.15, -0.1) is 0 Å². The fraction of sp³-hybridized carbons (Fsp3) is 0.143. The highest BCUT2D eigenvalue weighted by Gasteiger charge is 2.07. The number of nitrogens with one attached hydrogen (secondary N) is 1. The van der Waals surface area contributed by atoms with E-state index in [0.29, 0.717) is 12.1 Å². The Labute approximate surface area is 110 Å². The molecule has 94 valence electrons. The average Bonchev–Trinajstić information content (AvgIpc) is 2.45. The topological polar surface area (TPSA) is 78.7 Å². The maximum atomic E-state index is 11.8. The second kappa shape index (κ2) is 5.74. The molecule has 0 spiro atoms. The smallest absolute Gasteiger partial charge is 0.270 e. The van der Waals surface area contributed by atoms with Gasteiger partial charge in [0.1, 0.15) is 11.8 Å². The van der Waals surface area contributed by atoms with Gasteiger partial charge in [-0.05, 0) is 31.2 Å². The van der Waals surface area contributed by atoms with Crippen LogP contribution in [-0.4, -0.2) is 15.9 Å². The lowest BCUT2D eigenvalue weighted by atomic mass is 10.2. The lowest BCUT2D eigenvalue weighted by Crippen LogP contribution is -2.24. The minimum absolute atomic E-state index is 0.284. The second-order valence-electron chi connectivity index (χ2n) is 4.00. The van der Waals surface area contributed by atoms with E-state index in [4.69, 9.17) is 5.26 Å². The normalized spacial score (nSPS) is 9.68. The predicted octanol–water partition coefficient (Wildman–Crippen LogP) is 1.59. The number of carbonyl (C=O) groups excluding carboxylic acids is 1. The van der Waals surface area contributed by atoms with Crippen LogP contribution in [0.15, 0.2) is 36.5 Å². The van der Waals surface area contributed by atoms with Gasteiger partial charge in [0, 0.05) is 11.9 Å². The maximum absolute atomic E-state index is 11.8. The number of hydrogen-bond acceptors (Lipinski definition) is 4. The summed E-state index contributed by atoms with van der Waals surface area (Å²) < 4.78 is 0. The molecule has 2 rings (SSSR count). The van der Waals surface area contributed by atoms with Crippen molar-refractivity contribution in [1.29, 1.82) is 5.26 Å². The van der Waals surface area contributed by atoms with Crippen LogP contribution in [0.1, 0.15) is 27.4 Å². The highest BCUT2D eigenvalue weighted by molar-refractivity contribution is 5.92. The van der Waals surface area contributed by atoms with Gasteiger partial charge in [-0.1, -0.05) is 6.07 Å². The molecule has 0 unspecified atom stereocenters. The molecule has 5 nitrogen and oxygen atoms in total. The molecule has 0 aliphatic heterocycles. The van der Waals surface area contributed by atoms with Crippen molar-refractivity contribution in [2.75, 3.05) is 0 Å². The number of nitriles is 1. The zero-order valence-electron chi connectivity index (χ0n) is 10.4. The first-order valence-corrected chi connectivity index (χ1v) is 5.76. The van der Waals surface area contributed by atoms with Crippen LogP contribution >= 0.6 is 0 Å². The van der Waals surface area contributed by atoms with Crippen molar-refractivity contribution in [1.82, 2.24) is 15.3 Å². The predicted molar refractivity (Wildman–Crippen MR) is 69.1 cm³/mol. The highest BCUT2D eigenvalue weighted by atomic mass is 16.1. The largest absolute Gasteiger partial charge is 0.345 e. The lowest BCUT2D eigenvalue weighted by molar-refractivity contribution is 0.0945. The summed E-state index contributed by atoms with van der Waals surface area (Å²) in [6.45, 7) is 2.25. The van der Waals surface area contributed by atoms with E-state index in [1.54, 1.807) is 6.07 Å². The SMILES string of the molecule is Cc1cccc(CNC(=O)c2ccc(C#N)cn2)n1. The summed E-state index contributed by atoms with van der Waals surface area (Å²) in [6, 6.07) is 10.7. The molecule has 2 aromatic heterocycles. The zero-order valence-corrected chi connectivity index (χ0v) is 10.4. The number of carbonyl (C=O) groups is 1. The number of amides is 1. The zero-order chi connectivity index (χ0) is 13.7. The summed E-state index contributed by atoms with van der Waals surface area (Å²) >= 11 is 0. The Balaban J connectivity index is 1.99. The maximum Gasteiger partial charge on any atom is 0.270 e. The summed E-state index contributed by atoms with van der Waals surface area (Å²) in [5.74, 6) is -0.284. The lowest BCUT2D eigenvalue weighted by Gasteiger charge is -2.04. The van der Waals surface area contributed by atoms with Gasteiger partial charge in [0.25, 0.3) is 5.91 Å². The Bertz CT molecular complexity index is 629. The molecule has 0 radical (unpaired) electrons. The van der Waals surface area contributed by atoms with Crippen LogP contribution in [0.4, 0.5) is 0 Å². The number of aryl methyl sites for hydroxylation is 1. The number of aromatic nitrogens is 2. The summed E-state index contributed by atoms with van der Waals surface area (Å²) in [5, 5.41) is 11.4. The van der Waals surface area contributed by atoms with Gasteiger partial charge in [-0.2, -0.15) is 5.26 Å². The summed E-state index contributed by atoms with van der Waals surface area (Å²) in [5.41, 5.74) is 2.41. The van der Waals surface area contributed by atoms with Crippen LogP contribution < -0.4 is 5.32 Å². The van der Waals surface area contributed by atoms with Crippen molar-refractivity contribution < 1.29 is 4.79 Å². The molecule has 0 saturated heterocycles. The minimum atomic E-state index is -0.284. The van der Waals surface area contributed by atoms with E-state index in [1.807, 2.05) is 31.2 Å². The van der Waals surface area contributed by atoms with E-state index in [0.717, 1.165) is 11.4 Å².